The van der Waals surface area contributed by atoms with Crippen molar-refractivity contribution < 1.29 is 18.0 Å². The third-order valence-corrected chi connectivity index (χ3v) is 2.99. The quantitative estimate of drug-likeness (QED) is 0.799. The van der Waals surface area contributed by atoms with Crippen molar-refractivity contribution >= 4 is 5.78 Å². The third-order valence-electron chi connectivity index (χ3n) is 2.99. The highest BCUT2D eigenvalue weighted by atomic mass is 19.4. The lowest BCUT2D eigenvalue weighted by Crippen LogP contribution is -2.10. The molecule has 1 heterocycles. The molecular formula is C15H12F3NO. The molecule has 0 radical (unpaired) electrons. The van der Waals surface area contributed by atoms with Crippen LogP contribution in [0.3, 0.4) is 0 Å². The van der Waals surface area contributed by atoms with Crippen molar-refractivity contribution in [3.8, 4) is 0 Å². The van der Waals surface area contributed by atoms with E-state index >= 15 is 0 Å². The van der Waals surface area contributed by atoms with Gasteiger partial charge in [-0.1, -0.05) is 24.3 Å². The van der Waals surface area contributed by atoms with Gasteiger partial charge >= 0.3 is 6.18 Å². The second kappa shape index (κ2) is 5.45. The molecule has 0 saturated heterocycles. The Morgan fingerprint density at radius 1 is 1.15 bits per heavy atom. The van der Waals surface area contributed by atoms with Gasteiger partial charge in [0.2, 0.25) is 0 Å². The molecule has 0 spiro atoms. The second-order valence-corrected chi connectivity index (χ2v) is 4.46. The van der Waals surface area contributed by atoms with E-state index in [2.05, 4.69) is 4.98 Å². The lowest BCUT2D eigenvalue weighted by atomic mass is 10.0. The largest absolute Gasteiger partial charge is 0.417 e. The molecule has 1 aromatic carbocycles. The number of carbonyl (C=O) groups is 1. The highest BCUT2D eigenvalue weighted by molar-refractivity contribution is 5.95. The zero-order valence-electron chi connectivity index (χ0n) is 10.7. The molecule has 0 saturated carbocycles. The van der Waals surface area contributed by atoms with Gasteiger partial charge in [-0.2, -0.15) is 13.2 Å². The standard InChI is InChI=1S/C15H12F3NO/c1-10-4-2-3-5-11(10)8-14(20)13-7-6-12(9-19-13)15(16,17)18/h2-7,9H,8H2,1H3. The number of alkyl halides is 3. The number of ketones is 1. The van der Waals surface area contributed by atoms with Gasteiger partial charge in [0.15, 0.2) is 5.78 Å². The molecule has 0 atom stereocenters. The number of hydrogen-bond acceptors (Lipinski definition) is 2. The summed E-state index contributed by atoms with van der Waals surface area (Å²) in [5.74, 6) is -0.298. The number of halogens is 3. The molecule has 0 amide bonds. The summed E-state index contributed by atoms with van der Waals surface area (Å²) in [6, 6.07) is 9.36. The summed E-state index contributed by atoms with van der Waals surface area (Å²) in [6.45, 7) is 1.88. The molecule has 0 aliphatic carbocycles. The minimum atomic E-state index is -4.44. The first kappa shape index (κ1) is 14.2. The number of nitrogens with zero attached hydrogens (tertiary/aromatic N) is 1. The summed E-state index contributed by atoms with van der Waals surface area (Å²) in [5.41, 5.74) is 0.998. The second-order valence-electron chi connectivity index (χ2n) is 4.46. The Bertz CT molecular complexity index is 618. The van der Waals surface area contributed by atoms with E-state index in [1.54, 1.807) is 0 Å². The molecule has 2 aromatic rings. The lowest BCUT2D eigenvalue weighted by Gasteiger charge is -2.07. The predicted molar refractivity (Wildman–Crippen MR) is 68.5 cm³/mol. The topological polar surface area (TPSA) is 30.0 Å². The molecule has 0 N–H and O–H groups in total. The van der Waals surface area contributed by atoms with E-state index in [1.807, 2.05) is 31.2 Å². The van der Waals surface area contributed by atoms with E-state index in [9.17, 15) is 18.0 Å². The number of carbonyl (C=O) groups excluding carboxylic acids is 1. The molecule has 20 heavy (non-hydrogen) atoms. The maximum atomic E-state index is 12.4. The summed E-state index contributed by atoms with van der Waals surface area (Å²) in [7, 11) is 0. The summed E-state index contributed by atoms with van der Waals surface area (Å²) in [4.78, 5) is 15.6. The first-order valence-electron chi connectivity index (χ1n) is 5.99. The van der Waals surface area contributed by atoms with Gasteiger partial charge in [0.1, 0.15) is 5.69 Å². The number of benzene rings is 1. The van der Waals surface area contributed by atoms with E-state index in [1.165, 1.54) is 0 Å². The molecule has 0 aliphatic rings. The molecule has 1 aromatic heterocycles. The smallest absolute Gasteiger partial charge is 0.292 e. The van der Waals surface area contributed by atoms with Crippen LogP contribution in [0.1, 0.15) is 27.2 Å². The van der Waals surface area contributed by atoms with Crippen LogP contribution in [0.4, 0.5) is 13.2 Å². The summed E-state index contributed by atoms with van der Waals surface area (Å²) in [5, 5.41) is 0. The summed E-state index contributed by atoms with van der Waals surface area (Å²) >= 11 is 0. The minimum Gasteiger partial charge on any atom is -0.292 e. The van der Waals surface area contributed by atoms with Crippen molar-refractivity contribution in [1.29, 1.82) is 0 Å². The number of rotatable bonds is 3. The Hall–Kier alpha value is -2.17. The Morgan fingerprint density at radius 2 is 1.85 bits per heavy atom. The van der Waals surface area contributed by atoms with Crippen molar-refractivity contribution in [2.75, 3.05) is 0 Å². The molecule has 0 aliphatic heterocycles. The van der Waals surface area contributed by atoms with Crippen LogP contribution >= 0.6 is 0 Å². The van der Waals surface area contributed by atoms with Crippen molar-refractivity contribution in [3.05, 3.63) is 65.0 Å². The Morgan fingerprint density at radius 3 is 2.40 bits per heavy atom. The van der Waals surface area contributed by atoms with Crippen LogP contribution in [0.2, 0.25) is 0 Å². The molecule has 0 unspecified atom stereocenters. The van der Waals surface area contributed by atoms with Crippen LogP contribution in [0.15, 0.2) is 42.6 Å². The van der Waals surface area contributed by atoms with Gasteiger partial charge in [0.05, 0.1) is 5.56 Å². The van der Waals surface area contributed by atoms with Gasteiger partial charge in [0, 0.05) is 12.6 Å². The fourth-order valence-electron chi connectivity index (χ4n) is 1.80. The van der Waals surface area contributed by atoms with Gasteiger partial charge < -0.3 is 0 Å². The van der Waals surface area contributed by atoms with Crippen LogP contribution < -0.4 is 0 Å². The number of pyridine rings is 1. The fraction of sp³-hybridized carbons (Fsp3) is 0.200. The zero-order chi connectivity index (χ0) is 14.8. The normalized spacial score (nSPS) is 11.4. The van der Waals surface area contributed by atoms with Gasteiger partial charge in [-0.15, -0.1) is 0 Å². The fourth-order valence-corrected chi connectivity index (χ4v) is 1.80. The average Bonchev–Trinajstić information content (AvgIpc) is 2.40. The molecule has 0 bridgehead atoms. The molecule has 5 heteroatoms. The average molecular weight is 279 g/mol. The van der Waals surface area contributed by atoms with Crippen molar-refractivity contribution in [3.63, 3.8) is 0 Å². The SMILES string of the molecule is Cc1ccccc1CC(=O)c1ccc(C(F)(F)F)cn1. The lowest BCUT2D eigenvalue weighted by molar-refractivity contribution is -0.137. The van der Waals surface area contributed by atoms with E-state index in [0.29, 0.717) is 6.20 Å². The van der Waals surface area contributed by atoms with Gasteiger partial charge in [-0.3, -0.25) is 9.78 Å². The van der Waals surface area contributed by atoms with E-state index < -0.39 is 11.7 Å². The molecular weight excluding hydrogens is 267 g/mol. The number of hydrogen-bond donors (Lipinski definition) is 0. The van der Waals surface area contributed by atoms with Crippen LogP contribution in [0, 0.1) is 6.92 Å². The Balaban J connectivity index is 2.16. The minimum absolute atomic E-state index is 0.0428. The first-order valence-corrected chi connectivity index (χ1v) is 5.99. The van der Waals surface area contributed by atoms with E-state index in [-0.39, 0.29) is 17.9 Å². The maximum Gasteiger partial charge on any atom is 0.417 e. The predicted octanol–water partition coefficient (Wildman–Crippen LogP) is 3.83. The van der Waals surface area contributed by atoms with Crippen LogP contribution in [-0.4, -0.2) is 10.8 Å². The monoisotopic (exact) mass is 279 g/mol. The van der Waals surface area contributed by atoms with Crippen LogP contribution in [-0.2, 0) is 12.6 Å². The number of Topliss-reactive ketones (excluding diaryl/α,β-unsaturated/α-hetero) is 1. The van der Waals surface area contributed by atoms with E-state index in [0.717, 1.165) is 23.3 Å². The highest BCUT2D eigenvalue weighted by Crippen LogP contribution is 2.28. The summed E-state index contributed by atoms with van der Waals surface area (Å²) < 4.78 is 37.2. The highest BCUT2D eigenvalue weighted by Gasteiger charge is 2.30. The van der Waals surface area contributed by atoms with Crippen molar-refractivity contribution in [2.24, 2.45) is 0 Å². The molecule has 2 nitrogen and oxygen atoms in total. The van der Waals surface area contributed by atoms with Crippen molar-refractivity contribution in [1.82, 2.24) is 4.98 Å². The van der Waals surface area contributed by atoms with Crippen LogP contribution in [0.5, 0.6) is 0 Å². The van der Waals surface area contributed by atoms with Gasteiger partial charge in [-0.05, 0) is 30.2 Å². The van der Waals surface area contributed by atoms with Crippen LogP contribution in [0.25, 0.3) is 0 Å². The third kappa shape index (κ3) is 3.23. The Labute approximate surface area is 114 Å². The number of aryl methyl sites for hydroxylation is 1. The van der Waals surface area contributed by atoms with Gasteiger partial charge in [0.25, 0.3) is 0 Å². The molecule has 104 valence electrons. The maximum absolute atomic E-state index is 12.4. The van der Waals surface area contributed by atoms with Gasteiger partial charge in [-0.25, -0.2) is 0 Å². The number of aromatic nitrogens is 1. The van der Waals surface area contributed by atoms with E-state index in [4.69, 9.17) is 0 Å². The zero-order valence-corrected chi connectivity index (χ0v) is 10.7. The molecule has 2 rings (SSSR count). The summed E-state index contributed by atoms with van der Waals surface area (Å²) in [6.07, 6.45) is -3.62. The van der Waals surface area contributed by atoms with Crippen molar-refractivity contribution in [2.45, 2.75) is 19.5 Å². The first-order chi connectivity index (χ1) is 9.38. The Kier molecular flexibility index (Phi) is 3.88. The molecule has 0 fully saturated rings.